The maximum absolute atomic E-state index is 12.8. The standard InChI is InChI=1S/C19H22O3/c1-9-6-15-13-8-12-10(2)14(21-3)7-11-4-5-19(9,18(20)22-15)17(13)16(11)12/h7,9,13,15,17H,4-6,8H2,1-3H3/t9-,13+,15-,17-,19+/m0/s1. The van der Waals surface area contributed by atoms with E-state index in [9.17, 15) is 4.79 Å². The van der Waals surface area contributed by atoms with Crippen LogP contribution in [-0.4, -0.2) is 19.2 Å². The van der Waals surface area contributed by atoms with Crippen LogP contribution in [0.2, 0.25) is 0 Å². The zero-order valence-corrected chi connectivity index (χ0v) is 13.4. The third kappa shape index (κ3) is 1.21. The van der Waals surface area contributed by atoms with Gasteiger partial charge < -0.3 is 9.47 Å². The molecule has 3 aliphatic carbocycles. The summed E-state index contributed by atoms with van der Waals surface area (Å²) in [6, 6.07) is 2.22. The molecule has 1 aromatic rings. The summed E-state index contributed by atoms with van der Waals surface area (Å²) >= 11 is 0. The molecular formula is C19H22O3. The van der Waals surface area contributed by atoms with E-state index in [1.807, 2.05) is 0 Å². The van der Waals surface area contributed by atoms with Crippen LogP contribution in [0.15, 0.2) is 6.07 Å². The topological polar surface area (TPSA) is 35.5 Å². The van der Waals surface area contributed by atoms with E-state index in [0.29, 0.717) is 17.8 Å². The van der Waals surface area contributed by atoms with E-state index in [1.54, 1.807) is 7.11 Å². The average Bonchev–Trinajstić information content (AvgIpc) is 2.92. The van der Waals surface area contributed by atoms with E-state index in [2.05, 4.69) is 19.9 Å². The van der Waals surface area contributed by atoms with Crippen LogP contribution in [0.1, 0.15) is 47.9 Å². The van der Waals surface area contributed by atoms with Gasteiger partial charge in [-0.15, -0.1) is 0 Å². The molecule has 5 atom stereocenters. The zero-order valence-electron chi connectivity index (χ0n) is 13.4. The third-order valence-corrected chi connectivity index (χ3v) is 7.14. The van der Waals surface area contributed by atoms with Crippen molar-refractivity contribution in [2.45, 2.75) is 51.6 Å². The minimum Gasteiger partial charge on any atom is -0.496 e. The Hall–Kier alpha value is -1.51. The maximum atomic E-state index is 12.8. The first-order valence-corrected chi connectivity index (χ1v) is 8.48. The quantitative estimate of drug-likeness (QED) is 0.747. The molecule has 1 spiro atoms. The van der Waals surface area contributed by atoms with E-state index < -0.39 is 0 Å². The second-order valence-electron chi connectivity index (χ2n) is 7.72. The second kappa shape index (κ2) is 3.87. The molecule has 6 rings (SSSR count). The van der Waals surface area contributed by atoms with Gasteiger partial charge in [-0.05, 0) is 66.8 Å². The SMILES string of the molecule is COc1cc2c3c(c1C)C[C@@H]1[C@@H]4C[C@H](C)[C@@](CC2)(C(=O)O4)[C@H]31. The van der Waals surface area contributed by atoms with Crippen LogP contribution in [0.5, 0.6) is 5.75 Å². The van der Waals surface area contributed by atoms with Gasteiger partial charge >= 0.3 is 5.97 Å². The number of benzene rings is 1. The van der Waals surface area contributed by atoms with Crippen molar-refractivity contribution < 1.29 is 14.3 Å². The molecule has 5 aliphatic rings. The van der Waals surface area contributed by atoms with E-state index in [-0.39, 0.29) is 17.5 Å². The fraction of sp³-hybridized carbons (Fsp3) is 0.632. The number of fused-ring (bicyclic) bond motifs is 2. The maximum Gasteiger partial charge on any atom is 0.313 e. The normalized spacial score (nSPS) is 40.4. The Balaban J connectivity index is 1.79. The molecule has 0 radical (unpaired) electrons. The molecule has 116 valence electrons. The molecule has 0 amide bonds. The fourth-order valence-electron chi connectivity index (χ4n) is 6.11. The molecule has 0 N–H and O–H groups in total. The Labute approximate surface area is 131 Å². The lowest BCUT2D eigenvalue weighted by atomic mass is 9.50. The second-order valence-corrected chi connectivity index (χ2v) is 7.72. The van der Waals surface area contributed by atoms with Crippen LogP contribution in [0.4, 0.5) is 0 Å². The van der Waals surface area contributed by atoms with Crippen molar-refractivity contribution in [1.82, 2.24) is 0 Å². The van der Waals surface area contributed by atoms with E-state index in [0.717, 1.165) is 31.4 Å². The van der Waals surface area contributed by atoms with Gasteiger partial charge in [0.2, 0.25) is 0 Å². The van der Waals surface area contributed by atoms with E-state index in [1.165, 1.54) is 22.3 Å². The molecule has 0 aromatic heterocycles. The number of rotatable bonds is 1. The van der Waals surface area contributed by atoms with Gasteiger partial charge in [0.05, 0.1) is 12.5 Å². The Morgan fingerprint density at radius 1 is 1.41 bits per heavy atom. The van der Waals surface area contributed by atoms with Crippen LogP contribution in [0, 0.1) is 24.2 Å². The third-order valence-electron chi connectivity index (χ3n) is 7.14. The minimum atomic E-state index is -0.251. The predicted octanol–water partition coefficient (Wildman–Crippen LogP) is 3.16. The van der Waals surface area contributed by atoms with Gasteiger partial charge in [-0.2, -0.15) is 0 Å². The Bertz CT molecular complexity index is 707. The van der Waals surface area contributed by atoms with E-state index >= 15 is 0 Å². The number of aryl methyl sites for hydroxylation is 1. The van der Waals surface area contributed by atoms with Gasteiger partial charge in [-0.1, -0.05) is 6.92 Å². The van der Waals surface area contributed by atoms with Gasteiger partial charge in [0, 0.05) is 11.8 Å². The van der Waals surface area contributed by atoms with Crippen LogP contribution < -0.4 is 4.74 Å². The van der Waals surface area contributed by atoms with Crippen molar-refractivity contribution in [1.29, 1.82) is 0 Å². The van der Waals surface area contributed by atoms with Crippen molar-refractivity contribution in [3.63, 3.8) is 0 Å². The Morgan fingerprint density at radius 3 is 2.95 bits per heavy atom. The van der Waals surface area contributed by atoms with Gasteiger partial charge in [-0.25, -0.2) is 0 Å². The van der Waals surface area contributed by atoms with Crippen molar-refractivity contribution in [2.75, 3.05) is 7.11 Å². The number of carbonyl (C=O) groups excluding carboxylic acids is 1. The highest BCUT2D eigenvalue weighted by atomic mass is 16.5. The number of esters is 1. The number of hydrogen-bond acceptors (Lipinski definition) is 3. The highest BCUT2D eigenvalue weighted by Crippen LogP contribution is 2.67. The van der Waals surface area contributed by atoms with Crippen molar-refractivity contribution in [3.05, 3.63) is 28.3 Å². The average molecular weight is 298 g/mol. The molecule has 2 aliphatic heterocycles. The summed E-state index contributed by atoms with van der Waals surface area (Å²) in [5, 5.41) is 0. The molecule has 2 saturated heterocycles. The van der Waals surface area contributed by atoms with Crippen molar-refractivity contribution in [2.24, 2.45) is 17.3 Å². The summed E-state index contributed by atoms with van der Waals surface area (Å²) < 4.78 is 11.4. The summed E-state index contributed by atoms with van der Waals surface area (Å²) in [4.78, 5) is 12.8. The first-order chi connectivity index (χ1) is 10.6. The molecule has 1 saturated carbocycles. The molecule has 2 bridgehead atoms. The summed E-state index contributed by atoms with van der Waals surface area (Å²) in [5.74, 6) is 2.43. The Morgan fingerprint density at radius 2 is 2.23 bits per heavy atom. The lowest BCUT2D eigenvalue weighted by Crippen LogP contribution is -2.60. The van der Waals surface area contributed by atoms with E-state index in [4.69, 9.17) is 9.47 Å². The first-order valence-electron chi connectivity index (χ1n) is 8.48. The van der Waals surface area contributed by atoms with Crippen molar-refractivity contribution >= 4 is 5.97 Å². The molecule has 0 unspecified atom stereocenters. The minimum absolute atomic E-state index is 0.0875. The van der Waals surface area contributed by atoms with Gasteiger partial charge in [0.15, 0.2) is 0 Å². The number of methoxy groups -OCH3 is 1. The summed E-state index contributed by atoms with van der Waals surface area (Å²) in [6.45, 7) is 4.43. The Kier molecular flexibility index (Phi) is 2.28. The van der Waals surface area contributed by atoms with Gasteiger partial charge in [0.1, 0.15) is 11.9 Å². The number of ether oxygens (including phenoxy) is 2. The lowest BCUT2D eigenvalue weighted by molar-refractivity contribution is -0.207. The van der Waals surface area contributed by atoms with Gasteiger partial charge in [0.25, 0.3) is 0 Å². The monoisotopic (exact) mass is 298 g/mol. The highest BCUT2D eigenvalue weighted by molar-refractivity contribution is 5.83. The van der Waals surface area contributed by atoms with Crippen LogP contribution in [0.25, 0.3) is 0 Å². The molecule has 3 fully saturated rings. The molecule has 3 heteroatoms. The summed E-state index contributed by atoms with van der Waals surface area (Å²) in [6.07, 6.45) is 4.15. The summed E-state index contributed by atoms with van der Waals surface area (Å²) in [7, 11) is 1.76. The smallest absolute Gasteiger partial charge is 0.313 e. The molecular weight excluding hydrogens is 276 g/mol. The number of hydrogen-bond donors (Lipinski definition) is 0. The number of carbonyl (C=O) groups is 1. The molecule has 22 heavy (non-hydrogen) atoms. The van der Waals surface area contributed by atoms with Crippen LogP contribution >= 0.6 is 0 Å². The molecule has 3 nitrogen and oxygen atoms in total. The van der Waals surface area contributed by atoms with Crippen LogP contribution in [0.3, 0.4) is 0 Å². The predicted molar refractivity (Wildman–Crippen MR) is 82.1 cm³/mol. The molecule has 2 heterocycles. The fourth-order valence-corrected chi connectivity index (χ4v) is 6.11. The van der Waals surface area contributed by atoms with Gasteiger partial charge in [-0.3, -0.25) is 4.79 Å². The zero-order chi connectivity index (χ0) is 15.2. The lowest BCUT2D eigenvalue weighted by Gasteiger charge is -2.57. The molecule has 1 aromatic carbocycles. The first kappa shape index (κ1) is 13.0. The van der Waals surface area contributed by atoms with Crippen molar-refractivity contribution in [3.8, 4) is 5.75 Å². The summed E-state index contributed by atoms with van der Waals surface area (Å²) in [5.41, 5.74) is 5.38. The largest absolute Gasteiger partial charge is 0.496 e. The van der Waals surface area contributed by atoms with Crippen LogP contribution in [-0.2, 0) is 22.4 Å². The highest BCUT2D eigenvalue weighted by Gasteiger charge is 2.67.